The first-order chi connectivity index (χ1) is 12.5. The van der Waals surface area contributed by atoms with Crippen molar-refractivity contribution in [2.75, 3.05) is 13.1 Å². The molecule has 5 heteroatoms. The van der Waals surface area contributed by atoms with E-state index < -0.39 is 0 Å². The molecule has 1 aliphatic heterocycles. The fourth-order valence-electron chi connectivity index (χ4n) is 3.54. The first-order valence-corrected chi connectivity index (χ1v) is 9.51. The topological polar surface area (TPSA) is 66.3 Å². The van der Waals surface area contributed by atoms with Gasteiger partial charge < -0.3 is 10.0 Å². The monoisotopic (exact) mass is 351 g/mol. The number of aromatic nitrogens is 2. The first-order valence-electron chi connectivity index (χ1n) is 9.51. The molecule has 0 atom stereocenters. The number of carbonyl (C=O) groups excluding carboxylic acids is 1. The average molecular weight is 351 g/mol. The molecule has 1 amide bonds. The van der Waals surface area contributed by atoms with Gasteiger partial charge in [-0.05, 0) is 43.5 Å². The third-order valence-corrected chi connectivity index (χ3v) is 5.26. The van der Waals surface area contributed by atoms with Crippen LogP contribution in [0.5, 0.6) is 5.75 Å². The van der Waals surface area contributed by atoms with Crippen LogP contribution in [0.15, 0.2) is 24.3 Å². The van der Waals surface area contributed by atoms with Crippen LogP contribution >= 0.6 is 0 Å². The van der Waals surface area contributed by atoms with Crippen LogP contribution in [0.3, 0.4) is 0 Å². The van der Waals surface area contributed by atoms with Crippen molar-refractivity contribution in [2.45, 2.75) is 45.4 Å². The van der Waals surface area contributed by atoms with Crippen molar-refractivity contribution in [1.82, 2.24) is 14.9 Å². The summed E-state index contributed by atoms with van der Waals surface area (Å²) in [5, 5.41) is 9.61. The summed E-state index contributed by atoms with van der Waals surface area (Å²) in [6, 6.07) is 7.19. The van der Waals surface area contributed by atoms with Crippen molar-refractivity contribution in [3.05, 3.63) is 41.3 Å². The molecule has 2 aromatic rings. The number of hydrogen-bond acceptors (Lipinski definition) is 4. The Kier molecular flexibility index (Phi) is 4.39. The molecular weight excluding hydrogens is 326 g/mol. The molecule has 0 spiro atoms. The van der Waals surface area contributed by atoms with Crippen LogP contribution in [0.4, 0.5) is 0 Å². The van der Waals surface area contributed by atoms with Crippen molar-refractivity contribution >= 4 is 5.91 Å². The van der Waals surface area contributed by atoms with Gasteiger partial charge in [0.25, 0.3) is 0 Å². The van der Waals surface area contributed by atoms with E-state index in [0.29, 0.717) is 5.91 Å². The highest BCUT2D eigenvalue weighted by Gasteiger charge is 2.34. The van der Waals surface area contributed by atoms with Gasteiger partial charge >= 0.3 is 0 Å². The zero-order valence-corrected chi connectivity index (χ0v) is 15.4. The Morgan fingerprint density at radius 2 is 1.81 bits per heavy atom. The lowest BCUT2D eigenvalue weighted by Gasteiger charge is -2.19. The number of carbonyl (C=O) groups is 1. The van der Waals surface area contributed by atoms with Crippen LogP contribution in [0.1, 0.15) is 49.7 Å². The van der Waals surface area contributed by atoms with E-state index >= 15 is 0 Å². The number of fused-ring (bicyclic) bond motifs is 1. The number of rotatable bonds is 3. The molecule has 0 saturated heterocycles. The third kappa shape index (κ3) is 3.30. The molecule has 1 fully saturated rings. The number of phenolic OH excluding ortho intramolecular Hbond substituents is 1. The molecule has 4 rings (SSSR count). The minimum absolute atomic E-state index is 0.239. The number of amides is 1. The van der Waals surface area contributed by atoms with E-state index in [1.165, 1.54) is 0 Å². The van der Waals surface area contributed by atoms with E-state index in [2.05, 4.69) is 13.8 Å². The van der Waals surface area contributed by atoms with Crippen LogP contribution < -0.4 is 0 Å². The van der Waals surface area contributed by atoms with Gasteiger partial charge in [0.15, 0.2) is 0 Å². The molecule has 5 nitrogen and oxygen atoms in total. The van der Waals surface area contributed by atoms with Gasteiger partial charge in [0.2, 0.25) is 5.91 Å². The summed E-state index contributed by atoms with van der Waals surface area (Å²) in [4.78, 5) is 24.2. The summed E-state index contributed by atoms with van der Waals surface area (Å²) < 4.78 is 0. The van der Waals surface area contributed by atoms with Crippen LogP contribution in [0.25, 0.3) is 11.3 Å². The largest absolute Gasteiger partial charge is 0.508 e. The minimum Gasteiger partial charge on any atom is -0.508 e. The number of phenols is 1. The van der Waals surface area contributed by atoms with E-state index in [0.717, 1.165) is 67.1 Å². The predicted octanol–water partition coefficient (Wildman–Crippen LogP) is 3.31. The molecule has 1 aliphatic carbocycles. The van der Waals surface area contributed by atoms with Gasteiger partial charge in [0.1, 0.15) is 11.6 Å². The molecule has 0 radical (unpaired) electrons. The van der Waals surface area contributed by atoms with Crippen LogP contribution in [-0.2, 0) is 17.6 Å². The zero-order chi connectivity index (χ0) is 18.3. The molecule has 1 N–H and O–H groups in total. The Morgan fingerprint density at radius 3 is 2.46 bits per heavy atom. The number of nitrogens with zero attached hydrogens (tertiary/aromatic N) is 3. The molecule has 2 aliphatic rings. The van der Waals surface area contributed by atoms with Gasteiger partial charge in [0.05, 0.1) is 5.69 Å². The predicted molar refractivity (Wildman–Crippen MR) is 99.9 cm³/mol. The quantitative estimate of drug-likeness (QED) is 0.921. The van der Waals surface area contributed by atoms with Crippen molar-refractivity contribution in [3.63, 3.8) is 0 Å². The maximum atomic E-state index is 12.5. The second kappa shape index (κ2) is 6.71. The van der Waals surface area contributed by atoms with Gasteiger partial charge in [-0.3, -0.25) is 4.79 Å². The Balaban J connectivity index is 1.72. The SMILES string of the molecule is CC(C)c1nc2c(c(-c3ccc(O)cc3)n1)CCN(C(=O)C1CC1)CC2. The molecule has 0 unspecified atom stereocenters. The summed E-state index contributed by atoms with van der Waals surface area (Å²) in [6.45, 7) is 5.67. The molecule has 1 aromatic heterocycles. The second-order valence-electron chi connectivity index (χ2n) is 7.66. The fourth-order valence-corrected chi connectivity index (χ4v) is 3.54. The summed E-state index contributed by atoms with van der Waals surface area (Å²) >= 11 is 0. The number of hydrogen-bond donors (Lipinski definition) is 1. The average Bonchev–Trinajstić information content (AvgIpc) is 3.47. The van der Waals surface area contributed by atoms with Crippen LogP contribution in [-0.4, -0.2) is 39.0 Å². The summed E-state index contributed by atoms with van der Waals surface area (Å²) in [5.41, 5.74) is 4.15. The maximum absolute atomic E-state index is 12.5. The van der Waals surface area contributed by atoms with E-state index in [4.69, 9.17) is 9.97 Å². The van der Waals surface area contributed by atoms with E-state index in [1.54, 1.807) is 12.1 Å². The lowest BCUT2D eigenvalue weighted by Crippen LogP contribution is -2.34. The summed E-state index contributed by atoms with van der Waals surface area (Å²) in [5.74, 6) is 1.89. The molecular formula is C21H25N3O2. The normalized spacial score (nSPS) is 17.1. The van der Waals surface area contributed by atoms with E-state index in [9.17, 15) is 9.90 Å². The van der Waals surface area contributed by atoms with Crippen molar-refractivity contribution < 1.29 is 9.90 Å². The minimum atomic E-state index is 0.239. The lowest BCUT2D eigenvalue weighted by molar-refractivity contribution is -0.132. The molecule has 26 heavy (non-hydrogen) atoms. The third-order valence-electron chi connectivity index (χ3n) is 5.26. The van der Waals surface area contributed by atoms with Crippen molar-refractivity contribution in [3.8, 4) is 17.0 Å². The molecule has 1 saturated carbocycles. The highest BCUT2D eigenvalue weighted by molar-refractivity contribution is 5.81. The van der Waals surface area contributed by atoms with Gasteiger partial charge in [-0.25, -0.2) is 9.97 Å². The van der Waals surface area contributed by atoms with Gasteiger partial charge in [-0.15, -0.1) is 0 Å². The van der Waals surface area contributed by atoms with Gasteiger partial charge in [-0.2, -0.15) is 0 Å². The molecule has 1 aromatic carbocycles. The highest BCUT2D eigenvalue weighted by atomic mass is 16.3. The van der Waals surface area contributed by atoms with E-state index in [-0.39, 0.29) is 17.6 Å². The molecule has 2 heterocycles. The Bertz CT molecular complexity index is 826. The smallest absolute Gasteiger partial charge is 0.225 e. The lowest BCUT2D eigenvalue weighted by atomic mass is 10.00. The Hall–Kier alpha value is -2.43. The Morgan fingerprint density at radius 1 is 1.12 bits per heavy atom. The van der Waals surface area contributed by atoms with Crippen molar-refractivity contribution in [1.29, 1.82) is 0 Å². The highest BCUT2D eigenvalue weighted by Crippen LogP contribution is 2.33. The number of aromatic hydroxyl groups is 1. The van der Waals surface area contributed by atoms with Crippen LogP contribution in [0.2, 0.25) is 0 Å². The second-order valence-corrected chi connectivity index (χ2v) is 7.66. The van der Waals surface area contributed by atoms with E-state index in [1.807, 2.05) is 17.0 Å². The van der Waals surface area contributed by atoms with Crippen molar-refractivity contribution in [2.24, 2.45) is 5.92 Å². The summed E-state index contributed by atoms with van der Waals surface area (Å²) in [6.07, 6.45) is 3.64. The molecule has 0 bridgehead atoms. The fraction of sp³-hybridized carbons (Fsp3) is 0.476. The Labute approximate surface area is 154 Å². The standard InChI is InChI=1S/C21H25N3O2/c1-13(2)20-22-18-10-12-24(21(26)15-3-4-15)11-9-17(18)19(23-20)14-5-7-16(25)8-6-14/h5-8,13,15,25H,3-4,9-12H2,1-2H3. The van der Waals surface area contributed by atoms with Gasteiger partial charge in [0, 0.05) is 48.2 Å². The number of benzene rings is 1. The molecule has 136 valence electrons. The zero-order valence-electron chi connectivity index (χ0n) is 15.4. The summed E-state index contributed by atoms with van der Waals surface area (Å²) in [7, 11) is 0. The first kappa shape index (κ1) is 17.0. The van der Waals surface area contributed by atoms with Crippen LogP contribution in [0, 0.1) is 5.92 Å². The maximum Gasteiger partial charge on any atom is 0.225 e. The van der Waals surface area contributed by atoms with Gasteiger partial charge in [-0.1, -0.05) is 13.8 Å².